The monoisotopic (exact) mass is 151 g/mol. The number of amides is 1. The molecule has 1 heterocycles. The normalized spacial score (nSPS) is 9.27. The summed E-state index contributed by atoms with van der Waals surface area (Å²) in [5.41, 5.74) is 0.403. The first-order valence-electron chi connectivity index (χ1n) is 3.26. The Kier molecular flexibility index (Phi) is 2.15. The Morgan fingerprint density at radius 1 is 1.64 bits per heavy atom. The minimum Gasteiger partial charge on any atom is -0.354 e. The van der Waals surface area contributed by atoms with Crippen molar-refractivity contribution >= 4 is 5.91 Å². The molecule has 11 heavy (non-hydrogen) atoms. The third-order valence-corrected chi connectivity index (χ3v) is 1.24. The molecular weight excluding hydrogens is 142 g/mol. The lowest BCUT2D eigenvalue weighted by molar-refractivity contribution is 0.0957. The molecule has 58 valence electrons. The van der Waals surface area contributed by atoms with E-state index in [9.17, 15) is 4.79 Å². The fourth-order valence-corrected chi connectivity index (χ4v) is 0.711. The Labute approximate surface area is 64.7 Å². The Bertz CT molecular complexity index is 272. The second kappa shape index (κ2) is 3.09. The molecule has 0 atom stereocenters. The number of aryl methyl sites for hydroxylation is 1. The van der Waals surface area contributed by atoms with E-state index in [1.807, 2.05) is 0 Å². The van der Waals surface area contributed by atoms with Crippen LogP contribution in [0.2, 0.25) is 0 Å². The number of nitrogens with zero attached hydrogens (tertiary/aromatic N) is 2. The number of carbonyl (C=O) groups is 1. The number of hydrogen-bond donors (Lipinski definition) is 1. The summed E-state index contributed by atoms with van der Waals surface area (Å²) in [4.78, 5) is 18.8. The Morgan fingerprint density at radius 2 is 2.36 bits per heavy atom. The lowest BCUT2D eigenvalue weighted by Crippen LogP contribution is -2.19. The summed E-state index contributed by atoms with van der Waals surface area (Å²) >= 11 is 0. The average Bonchev–Trinajstić information content (AvgIpc) is 2.03. The van der Waals surface area contributed by atoms with Gasteiger partial charge in [0.25, 0.3) is 5.91 Å². The number of carbonyl (C=O) groups excluding carboxylic acids is 1. The highest BCUT2D eigenvalue weighted by Gasteiger charge is 2.02. The first kappa shape index (κ1) is 7.65. The van der Waals surface area contributed by atoms with Gasteiger partial charge in [-0.15, -0.1) is 0 Å². The highest BCUT2D eigenvalue weighted by Crippen LogP contribution is 1.92. The van der Waals surface area contributed by atoms with Gasteiger partial charge in [-0.2, -0.15) is 0 Å². The molecule has 1 aromatic rings. The fraction of sp³-hybridized carbons (Fsp3) is 0.286. The smallest absolute Gasteiger partial charge is 0.269 e. The molecule has 0 aliphatic rings. The molecule has 1 aromatic heterocycles. The van der Waals surface area contributed by atoms with Crippen LogP contribution in [0, 0.1) is 6.92 Å². The summed E-state index contributed by atoms with van der Waals surface area (Å²) in [6.45, 7) is 1.74. The second-order valence-electron chi connectivity index (χ2n) is 2.07. The SMILES string of the molecule is CNC(=O)c1ccnc(C)n1. The van der Waals surface area contributed by atoms with Crippen LogP contribution < -0.4 is 5.32 Å². The van der Waals surface area contributed by atoms with Crippen molar-refractivity contribution in [1.82, 2.24) is 15.3 Å². The van der Waals surface area contributed by atoms with Gasteiger partial charge in [0, 0.05) is 13.2 Å². The van der Waals surface area contributed by atoms with E-state index in [1.165, 1.54) is 0 Å². The third kappa shape index (κ3) is 1.73. The molecule has 1 amide bonds. The van der Waals surface area contributed by atoms with Gasteiger partial charge in [-0.1, -0.05) is 0 Å². The van der Waals surface area contributed by atoms with Gasteiger partial charge in [0.1, 0.15) is 11.5 Å². The molecule has 4 heteroatoms. The van der Waals surface area contributed by atoms with E-state index in [4.69, 9.17) is 0 Å². The quantitative estimate of drug-likeness (QED) is 0.621. The van der Waals surface area contributed by atoms with Gasteiger partial charge in [0.2, 0.25) is 0 Å². The van der Waals surface area contributed by atoms with Crippen molar-refractivity contribution in [2.24, 2.45) is 0 Å². The van der Waals surface area contributed by atoms with Crippen molar-refractivity contribution in [3.05, 3.63) is 23.8 Å². The highest BCUT2D eigenvalue weighted by molar-refractivity contribution is 5.91. The number of hydrogen-bond acceptors (Lipinski definition) is 3. The van der Waals surface area contributed by atoms with Crippen LogP contribution in [-0.2, 0) is 0 Å². The lowest BCUT2D eigenvalue weighted by atomic mass is 10.4. The van der Waals surface area contributed by atoms with Gasteiger partial charge in [0.05, 0.1) is 0 Å². The number of aromatic nitrogens is 2. The molecule has 0 saturated carbocycles. The average molecular weight is 151 g/mol. The molecule has 0 aromatic carbocycles. The van der Waals surface area contributed by atoms with Crippen LogP contribution in [0.1, 0.15) is 16.3 Å². The van der Waals surface area contributed by atoms with Crippen LogP contribution in [0.5, 0.6) is 0 Å². The Hall–Kier alpha value is -1.45. The maximum Gasteiger partial charge on any atom is 0.269 e. The van der Waals surface area contributed by atoms with Crippen LogP contribution in [0.15, 0.2) is 12.3 Å². The van der Waals surface area contributed by atoms with Crippen LogP contribution in [0.3, 0.4) is 0 Å². The van der Waals surface area contributed by atoms with Crippen molar-refractivity contribution in [3.8, 4) is 0 Å². The highest BCUT2D eigenvalue weighted by atomic mass is 16.1. The molecule has 4 nitrogen and oxygen atoms in total. The van der Waals surface area contributed by atoms with Crippen LogP contribution in [0.4, 0.5) is 0 Å². The van der Waals surface area contributed by atoms with Gasteiger partial charge < -0.3 is 5.32 Å². The maximum atomic E-state index is 11.0. The van der Waals surface area contributed by atoms with Crippen molar-refractivity contribution < 1.29 is 4.79 Å². The molecule has 0 aliphatic carbocycles. The molecule has 0 aliphatic heterocycles. The molecule has 0 bridgehead atoms. The summed E-state index contributed by atoms with van der Waals surface area (Å²) in [6, 6.07) is 1.58. The first-order valence-corrected chi connectivity index (χ1v) is 3.26. The Morgan fingerprint density at radius 3 is 2.91 bits per heavy atom. The standard InChI is InChI=1S/C7H9N3O/c1-5-9-4-3-6(10-5)7(11)8-2/h3-4H,1-2H3,(H,8,11). The van der Waals surface area contributed by atoms with Gasteiger partial charge in [-0.25, -0.2) is 9.97 Å². The molecule has 0 spiro atoms. The molecular formula is C7H9N3O. The van der Waals surface area contributed by atoms with Gasteiger partial charge >= 0.3 is 0 Å². The second-order valence-corrected chi connectivity index (χ2v) is 2.07. The minimum absolute atomic E-state index is 0.185. The lowest BCUT2D eigenvalue weighted by Gasteiger charge is -1.97. The van der Waals surface area contributed by atoms with Crippen molar-refractivity contribution in [1.29, 1.82) is 0 Å². The number of rotatable bonds is 1. The van der Waals surface area contributed by atoms with Gasteiger partial charge in [0.15, 0.2) is 0 Å². The zero-order chi connectivity index (χ0) is 8.27. The molecule has 1 rings (SSSR count). The van der Waals surface area contributed by atoms with Crippen LogP contribution in [-0.4, -0.2) is 22.9 Å². The van der Waals surface area contributed by atoms with E-state index in [0.717, 1.165) is 0 Å². The van der Waals surface area contributed by atoms with Crippen molar-refractivity contribution in [2.75, 3.05) is 7.05 Å². The minimum atomic E-state index is -0.185. The van der Waals surface area contributed by atoms with Gasteiger partial charge in [-0.3, -0.25) is 4.79 Å². The van der Waals surface area contributed by atoms with E-state index in [1.54, 1.807) is 26.2 Å². The summed E-state index contributed by atoms with van der Waals surface area (Å²) in [5.74, 6) is 0.418. The summed E-state index contributed by atoms with van der Waals surface area (Å²) in [5, 5.41) is 2.48. The predicted molar refractivity (Wildman–Crippen MR) is 40.2 cm³/mol. The zero-order valence-corrected chi connectivity index (χ0v) is 6.46. The van der Waals surface area contributed by atoms with Crippen LogP contribution in [0.25, 0.3) is 0 Å². The summed E-state index contributed by atoms with van der Waals surface area (Å²) in [6.07, 6.45) is 1.56. The van der Waals surface area contributed by atoms with E-state index in [0.29, 0.717) is 11.5 Å². The largest absolute Gasteiger partial charge is 0.354 e. The van der Waals surface area contributed by atoms with Crippen LogP contribution >= 0.6 is 0 Å². The molecule has 1 N–H and O–H groups in total. The maximum absolute atomic E-state index is 11.0. The van der Waals surface area contributed by atoms with E-state index in [2.05, 4.69) is 15.3 Å². The number of nitrogens with one attached hydrogen (secondary N) is 1. The van der Waals surface area contributed by atoms with E-state index < -0.39 is 0 Å². The first-order chi connectivity index (χ1) is 5.24. The summed E-state index contributed by atoms with van der Waals surface area (Å²) in [7, 11) is 1.57. The van der Waals surface area contributed by atoms with Gasteiger partial charge in [-0.05, 0) is 13.0 Å². The van der Waals surface area contributed by atoms with E-state index >= 15 is 0 Å². The third-order valence-electron chi connectivity index (χ3n) is 1.24. The van der Waals surface area contributed by atoms with E-state index in [-0.39, 0.29) is 5.91 Å². The predicted octanol–water partition coefficient (Wildman–Crippen LogP) is 0.145. The molecule has 0 fully saturated rings. The molecule has 0 radical (unpaired) electrons. The van der Waals surface area contributed by atoms with Crippen molar-refractivity contribution in [2.45, 2.75) is 6.92 Å². The summed E-state index contributed by atoms with van der Waals surface area (Å²) < 4.78 is 0. The fourth-order valence-electron chi connectivity index (χ4n) is 0.711. The molecule has 0 unspecified atom stereocenters. The zero-order valence-electron chi connectivity index (χ0n) is 6.46. The molecule has 0 saturated heterocycles. The topological polar surface area (TPSA) is 54.9 Å². The Balaban J connectivity index is 2.96. The van der Waals surface area contributed by atoms with Crippen molar-refractivity contribution in [3.63, 3.8) is 0 Å².